The standard InChI is InChI=1S/C25H26N2O4S/c1-3-4-8-13-30-23(28)15-27-21-14-19(11-12-22(21)31-17(2)25(27)29)20-16-32-24(26-20)18-9-6-5-7-10-18/h5-7,9-12,14,16-17H,3-4,8,13,15H2,1-2H3. The molecule has 0 fully saturated rings. The second-order valence-electron chi connectivity index (χ2n) is 7.70. The van der Waals surface area contributed by atoms with Crippen LogP contribution in [0.15, 0.2) is 53.9 Å². The highest BCUT2D eigenvalue weighted by atomic mass is 32.1. The number of thiazole rings is 1. The van der Waals surface area contributed by atoms with E-state index in [1.54, 1.807) is 18.3 Å². The summed E-state index contributed by atoms with van der Waals surface area (Å²) in [5, 5.41) is 2.91. The summed E-state index contributed by atoms with van der Waals surface area (Å²) < 4.78 is 11.1. The molecule has 7 heteroatoms. The molecule has 1 aliphatic heterocycles. The Bertz CT molecular complexity index is 1100. The molecule has 0 saturated carbocycles. The topological polar surface area (TPSA) is 68.7 Å². The summed E-state index contributed by atoms with van der Waals surface area (Å²) in [5.41, 5.74) is 3.28. The predicted molar refractivity (Wildman–Crippen MR) is 126 cm³/mol. The van der Waals surface area contributed by atoms with E-state index in [1.165, 1.54) is 4.90 Å². The molecule has 2 heterocycles. The lowest BCUT2D eigenvalue weighted by Gasteiger charge is -2.32. The average Bonchev–Trinajstić information content (AvgIpc) is 3.30. The van der Waals surface area contributed by atoms with E-state index in [4.69, 9.17) is 14.5 Å². The number of anilines is 1. The number of ether oxygens (including phenoxy) is 2. The van der Waals surface area contributed by atoms with Gasteiger partial charge in [0.05, 0.1) is 18.0 Å². The number of nitrogens with zero attached hydrogens (tertiary/aromatic N) is 2. The summed E-state index contributed by atoms with van der Waals surface area (Å²) in [6.45, 7) is 4.01. The summed E-state index contributed by atoms with van der Waals surface area (Å²) in [6, 6.07) is 15.6. The first-order valence-electron chi connectivity index (χ1n) is 10.9. The molecule has 0 aliphatic carbocycles. The van der Waals surface area contributed by atoms with Gasteiger partial charge in [0.1, 0.15) is 17.3 Å². The number of hydrogen-bond donors (Lipinski definition) is 0. The van der Waals surface area contributed by atoms with Gasteiger partial charge in [0, 0.05) is 16.5 Å². The maximum Gasteiger partial charge on any atom is 0.326 e. The second kappa shape index (κ2) is 9.96. The highest BCUT2D eigenvalue weighted by Gasteiger charge is 2.33. The molecular weight excluding hydrogens is 424 g/mol. The number of rotatable bonds is 8. The van der Waals surface area contributed by atoms with Gasteiger partial charge in [-0.05, 0) is 31.5 Å². The minimum atomic E-state index is -0.662. The first kappa shape index (κ1) is 22.0. The number of esters is 1. The molecule has 1 aliphatic rings. The summed E-state index contributed by atoms with van der Waals surface area (Å²) in [4.78, 5) is 31.4. The van der Waals surface area contributed by atoms with Crippen LogP contribution in [0.2, 0.25) is 0 Å². The molecule has 1 atom stereocenters. The third-order valence-corrected chi connectivity index (χ3v) is 6.18. The fourth-order valence-electron chi connectivity index (χ4n) is 3.56. The van der Waals surface area contributed by atoms with Gasteiger partial charge < -0.3 is 9.47 Å². The second-order valence-corrected chi connectivity index (χ2v) is 8.56. The zero-order chi connectivity index (χ0) is 22.5. The monoisotopic (exact) mass is 450 g/mol. The summed E-state index contributed by atoms with van der Waals surface area (Å²) in [5.74, 6) is -0.110. The molecule has 1 unspecified atom stereocenters. The van der Waals surface area contributed by atoms with Crippen molar-refractivity contribution in [3.05, 3.63) is 53.9 Å². The van der Waals surface area contributed by atoms with Gasteiger partial charge in [-0.3, -0.25) is 14.5 Å². The Hall–Kier alpha value is -3.19. The summed E-state index contributed by atoms with van der Waals surface area (Å²) in [6.07, 6.45) is 2.22. The molecule has 0 bridgehead atoms. The van der Waals surface area contributed by atoms with Gasteiger partial charge in [-0.25, -0.2) is 4.98 Å². The van der Waals surface area contributed by atoms with Crippen LogP contribution in [0.1, 0.15) is 33.1 Å². The number of carbonyl (C=O) groups excluding carboxylic acids is 2. The molecular formula is C25H26N2O4S. The molecule has 0 saturated heterocycles. The van der Waals surface area contributed by atoms with Crippen molar-refractivity contribution in [1.82, 2.24) is 4.98 Å². The van der Waals surface area contributed by atoms with E-state index in [2.05, 4.69) is 6.92 Å². The van der Waals surface area contributed by atoms with E-state index in [0.717, 1.165) is 41.1 Å². The smallest absolute Gasteiger partial charge is 0.326 e. The first-order chi connectivity index (χ1) is 15.6. The minimum absolute atomic E-state index is 0.137. The fraction of sp³-hybridized carbons (Fsp3) is 0.320. The van der Waals surface area contributed by atoms with Crippen LogP contribution in [0.5, 0.6) is 5.75 Å². The highest BCUT2D eigenvalue weighted by Crippen LogP contribution is 2.38. The molecule has 0 spiro atoms. The van der Waals surface area contributed by atoms with Gasteiger partial charge in [-0.2, -0.15) is 0 Å². The average molecular weight is 451 g/mol. The van der Waals surface area contributed by atoms with Crippen molar-refractivity contribution in [2.24, 2.45) is 0 Å². The van der Waals surface area contributed by atoms with E-state index in [9.17, 15) is 9.59 Å². The quantitative estimate of drug-likeness (QED) is 0.343. The van der Waals surface area contributed by atoms with Gasteiger partial charge in [-0.15, -0.1) is 11.3 Å². The van der Waals surface area contributed by atoms with Gasteiger partial charge in [-0.1, -0.05) is 50.1 Å². The number of aromatic nitrogens is 1. The van der Waals surface area contributed by atoms with Crippen molar-refractivity contribution < 1.29 is 19.1 Å². The van der Waals surface area contributed by atoms with Crippen LogP contribution in [0.25, 0.3) is 21.8 Å². The van der Waals surface area contributed by atoms with Crippen molar-refractivity contribution in [2.45, 2.75) is 39.2 Å². The van der Waals surface area contributed by atoms with Crippen LogP contribution < -0.4 is 9.64 Å². The zero-order valence-corrected chi connectivity index (χ0v) is 19.1. The predicted octanol–water partition coefficient (Wildman–Crippen LogP) is 5.32. The van der Waals surface area contributed by atoms with E-state index in [-0.39, 0.29) is 12.5 Å². The van der Waals surface area contributed by atoms with Crippen LogP contribution in [-0.2, 0) is 14.3 Å². The molecule has 3 aromatic rings. The third-order valence-electron chi connectivity index (χ3n) is 5.29. The number of carbonyl (C=O) groups is 2. The number of amides is 1. The van der Waals surface area contributed by atoms with E-state index in [1.807, 2.05) is 53.9 Å². The number of unbranched alkanes of at least 4 members (excludes halogenated alkanes) is 2. The Labute approximate surface area is 191 Å². The molecule has 0 N–H and O–H groups in total. The molecule has 6 nitrogen and oxygen atoms in total. The van der Waals surface area contributed by atoms with E-state index >= 15 is 0 Å². The van der Waals surface area contributed by atoms with E-state index in [0.29, 0.717) is 18.0 Å². The molecule has 166 valence electrons. The molecule has 1 amide bonds. The van der Waals surface area contributed by atoms with Crippen LogP contribution in [0.3, 0.4) is 0 Å². The van der Waals surface area contributed by atoms with E-state index < -0.39 is 12.1 Å². The Morgan fingerprint density at radius 3 is 2.75 bits per heavy atom. The Balaban J connectivity index is 1.57. The van der Waals surface area contributed by atoms with Crippen LogP contribution in [0.4, 0.5) is 5.69 Å². The number of fused-ring (bicyclic) bond motifs is 1. The van der Waals surface area contributed by atoms with Crippen LogP contribution >= 0.6 is 11.3 Å². The highest BCUT2D eigenvalue weighted by molar-refractivity contribution is 7.13. The first-order valence-corrected chi connectivity index (χ1v) is 11.7. The maximum atomic E-state index is 12.8. The lowest BCUT2D eigenvalue weighted by molar-refractivity contribution is -0.143. The van der Waals surface area contributed by atoms with Crippen molar-refractivity contribution in [3.63, 3.8) is 0 Å². The number of benzene rings is 2. The lowest BCUT2D eigenvalue weighted by atomic mass is 10.1. The summed E-state index contributed by atoms with van der Waals surface area (Å²) in [7, 11) is 0. The number of hydrogen-bond acceptors (Lipinski definition) is 6. The summed E-state index contributed by atoms with van der Waals surface area (Å²) >= 11 is 1.56. The molecule has 1 aromatic heterocycles. The van der Waals surface area contributed by atoms with Gasteiger partial charge in [0.25, 0.3) is 5.91 Å². The largest absolute Gasteiger partial charge is 0.479 e. The van der Waals surface area contributed by atoms with Crippen LogP contribution in [-0.4, -0.2) is 36.1 Å². The molecule has 2 aromatic carbocycles. The SMILES string of the molecule is CCCCCOC(=O)CN1C(=O)C(C)Oc2ccc(-c3csc(-c4ccccc4)n3)cc21. The zero-order valence-electron chi connectivity index (χ0n) is 18.2. The molecule has 0 radical (unpaired) electrons. The van der Waals surface area contributed by atoms with Crippen molar-refractivity contribution in [3.8, 4) is 27.6 Å². The minimum Gasteiger partial charge on any atom is -0.479 e. The Morgan fingerprint density at radius 1 is 1.16 bits per heavy atom. The fourth-order valence-corrected chi connectivity index (χ4v) is 4.40. The molecule has 4 rings (SSSR count). The van der Waals surface area contributed by atoms with Crippen LogP contribution in [0, 0.1) is 0 Å². The van der Waals surface area contributed by atoms with Gasteiger partial charge >= 0.3 is 5.97 Å². The van der Waals surface area contributed by atoms with Crippen molar-refractivity contribution in [1.29, 1.82) is 0 Å². The molecule has 32 heavy (non-hydrogen) atoms. The normalized spacial score (nSPS) is 15.2. The third kappa shape index (κ3) is 4.83. The maximum absolute atomic E-state index is 12.8. The van der Waals surface area contributed by atoms with Gasteiger partial charge in [0.2, 0.25) is 0 Å². The lowest BCUT2D eigenvalue weighted by Crippen LogP contribution is -2.47. The van der Waals surface area contributed by atoms with Crippen molar-refractivity contribution in [2.75, 3.05) is 18.1 Å². The van der Waals surface area contributed by atoms with Crippen molar-refractivity contribution >= 4 is 28.9 Å². The van der Waals surface area contributed by atoms with Gasteiger partial charge in [0.15, 0.2) is 6.10 Å². The Morgan fingerprint density at radius 2 is 1.97 bits per heavy atom. The Kier molecular flexibility index (Phi) is 6.85.